The zero-order valence-electron chi connectivity index (χ0n) is 17.1. The molecule has 0 aromatic carbocycles. The van der Waals surface area contributed by atoms with Gasteiger partial charge in [-0.15, -0.1) is 0 Å². The number of esters is 2. The molecule has 0 radical (unpaired) electrons. The zero-order valence-corrected chi connectivity index (χ0v) is 17.1. The second kappa shape index (κ2) is 13.8. The molecule has 4 nitrogen and oxygen atoms in total. The lowest BCUT2D eigenvalue weighted by atomic mass is 9.90. The molecule has 26 heavy (non-hydrogen) atoms. The minimum atomic E-state index is -0.302. The average Bonchev–Trinajstić information content (AvgIpc) is 3.15. The van der Waals surface area contributed by atoms with E-state index in [4.69, 9.17) is 9.47 Å². The first-order chi connectivity index (χ1) is 12.7. The van der Waals surface area contributed by atoms with Crippen LogP contribution in [0.5, 0.6) is 0 Å². The summed E-state index contributed by atoms with van der Waals surface area (Å²) in [5.41, 5.74) is 1.21. The van der Waals surface area contributed by atoms with Crippen molar-refractivity contribution in [3.05, 3.63) is 11.1 Å². The Bertz CT molecular complexity index is 447. The molecule has 0 N–H and O–H groups in total. The number of hydrogen-bond acceptors (Lipinski definition) is 4. The molecule has 1 rings (SSSR count). The standard InChI is InChI=1S/C22H38O4/c1-4-7-10-15-19(21(23)25-16-8-5-2)20(18-13-11-12-14-18)22(24)26-17-9-6-3/h18H,4-17H2,1-3H3/b20-19-. The predicted octanol–water partition coefficient (Wildman–Crippen LogP) is 5.74. The highest BCUT2D eigenvalue weighted by Gasteiger charge is 2.31. The van der Waals surface area contributed by atoms with Gasteiger partial charge in [0.25, 0.3) is 0 Å². The van der Waals surface area contributed by atoms with E-state index in [0.717, 1.165) is 70.6 Å². The van der Waals surface area contributed by atoms with Crippen LogP contribution in [0.2, 0.25) is 0 Å². The van der Waals surface area contributed by atoms with Crippen LogP contribution >= 0.6 is 0 Å². The molecule has 0 unspecified atom stereocenters. The highest BCUT2D eigenvalue weighted by Crippen LogP contribution is 2.35. The molecule has 0 aromatic heterocycles. The molecule has 0 bridgehead atoms. The van der Waals surface area contributed by atoms with E-state index in [9.17, 15) is 9.59 Å². The summed E-state index contributed by atoms with van der Waals surface area (Å²) in [7, 11) is 0. The van der Waals surface area contributed by atoms with E-state index >= 15 is 0 Å². The zero-order chi connectivity index (χ0) is 19.2. The summed E-state index contributed by atoms with van der Waals surface area (Å²) in [5, 5.41) is 0. The van der Waals surface area contributed by atoms with Gasteiger partial charge in [0.05, 0.1) is 18.8 Å². The fraction of sp³-hybridized carbons (Fsp3) is 0.818. The van der Waals surface area contributed by atoms with Crippen molar-refractivity contribution >= 4 is 11.9 Å². The van der Waals surface area contributed by atoms with Crippen LogP contribution in [0.15, 0.2) is 11.1 Å². The summed E-state index contributed by atoms with van der Waals surface area (Å²) in [4.78, 5) is 25.6. The first kappa shape index (κ1) is 22.7. The van der Waals surface area contributed by atoms with E-state index in [1.165, 1.54) is 0 Å². The molecule has 0 heterocycles. The minimum absolute atomic E-state index is 0.152. The van der Waals surface area contributed by atoms with E-state index in [0.29, 0.717) is 30.8 Å². The van der Waals surface area contributed by atoms with Crippen molar-refractivity contribution in [3.8, 4) is 0 Å². The van der Waals surface area contributed by atoms with Crippen LogP contribution in [-0.4, -0.2) is 25.2 Å². The van der Waals surface area contributed by atoms with Gasteiger partial charge in [0.1, 0.15) is 0 Å². The topological polar surface area (TPSA) is 52.6 Å². The molecule has 1 fully saturated rings. The molecule has 0 spiro atoms. The summed E-state index contributed by atoms with van der Waals surface area (Å²) in [5.74, 6) is -0.437. The molecule has 0 saturated heterocycles. The molecule has 150 valence electrons. The third kappa shape index (κ3) is 7.92. The largest absolute Gasteiger partial charge is 0.462 e. The average molecular weight is 367 g/mol. The third-order valence-electron chi connectivity index (χ3n) is 5.05. The van der Waals surface area contributed by atoms with Gasteiger partial charge in [-0.2, -0.15) is 0 Å². The first-order valence-corrected chi connectivity index (χ1v) is 10.7. The monoisotopic (exact) mass is 366 g/mol. The second-order valence-electron chi connectivity index (χ2n) is 7.31. The quantitative estimate of drug-likeness (QED) is 0.237. The van der Waals surface area contributed by atoms with Gasteiger partial charge in [0, 0.05) is 5.57 Å². The van der Waals surface area contributed by atoms with Crippen molar-refractivity contribution in [3.63, 3.8) is 0 Å². The Balaban J connectivity index is 3.03. The van der Waals surface area contributed by atoms with Crippen LogP contribution in [0.3, 0.4) is 0 Å². The van der Waals surface area contributed by atoms with Crippen molar-refractivity contribution in [2.24, 2.45) is 5.92 Å². The van der Waals surface area contributed by atoms with Gasteiger partial charge in [-0.1, -0.05) is 59.3 Å². The Kier molecular flexibility index (Phi) is 12.1. The van der Waals surface area contributed by atoms with E-state index in [1.807, 2.05) is 0 Å². The smallest absolute Gasteiger partial charge is 0.334 e. The van der Waals surface area contributed by atoms with Crippen LogP contribution in [0.1, 0.15) is 97.8 Å². The molecule has 1 saturated carbocycles. The maximum Gasteiger partial charge on any atom is 0.334 e. The first-order valence-electron chi connectivity index (χ1n) is 10.7. The lowest BCUT2D eigenvalue weighted by molar-refractivity contribution is -0.143. The highest BCUT2D eigenvalue weighted by molar-refractivity contribution is 6.00. The Morgan fingerprint density at radius 3 is 1.85 bits per heavy atom. The lowest BCUT2D eigenvalue weighted by Gasteiger charge is -2.19. The van der Waals surface area contributed by atoms with Gasteiger partial charge in [-0.05, 0) is 44.4 Å². The predicted molar refractivity (Wildman–Crippen MR) is 105 cm³/mol. The molecule has 0 amide bonds. The molecule has 0 aliphatic heterocycles. The number of ether oxygens (including phenoxy) is 2. The van der Waals surface area contributed by atoms with Gasteiger partial charge in [-0.25, -0.2) is 9.59 Å². The number of rotatable bonds is 13. The summed E-state index contributed by atoms with van der Waals surface area (Å²) in [6.45, 7) is 7.14. The SMILES string of the molecule is CCCCC/C(C(=O)OCCCC)=C(/C(=O)OCCCC)C1CCCC1. The van der Waals surface area contributed by atoms with Gasteiger partial charge < -0.3 is 9.47 Å². The molecule has 1 aliphatic rings. The fourth-order valence-corrected chi connectivity index (χ4v) is 3.43. The summed E-state index contributed by atoms with van der Waals surface area (Å²) in [6, 6.07) is 0. The van der Waals surface area contributed by atoms with Crippen LogP contribution in [-0.2, 0) is 19.1 Å². The number of unbranched alkanes of at least 4 members (excludes halogenated alkanes) is 4. The maximum atomic E-state index is 12.8. The summed E-state index contributed by atoms with van der Waals surface area (Å²) >= 11 is 0. The number of carbonyl (C=O) groups excluding carboxylic acids is 2. The molecule has 1 aliphatic carbocycles. The molecular weight excluding hydrogens is 328 g/mol. The van der Waals surface area contributed by atoms with Gasteiger partial charge in [-0.3, -0.25) is 0 Å². The van der Waals surface area contributed by atoms with E-state index in [2.05, 4.69) is 20.8 Å². The third-order valence-corrected chi connectivity index (χ3v) is 5.05. The Labute approximate surface area is 159 Å². The van der Waals surface area contributed by atoms with Crippen molar-refractivity contribution < 1.29 is 19.1 Å². The Morgan fingerprint density at radius 2 is 1.31 bits per heavy atom. The van der Waals surface area contributed by atoms with E-state index in [1.54, 1.807) is 0 Å². The minimum Gasteiger partial charge on any atom is -0.462 e. The van der Waals surface area contributed by atoms with Crippen LogP contribution in [0.4, 0.5) is 0 Å². The summed E-state index contributed by atoms with van der Waals surface area (Å²) in [6.07, 6.45) is 11.5. The lowest BCUT2D eigenvalue weighted by Crippen LogP contribution is -2.22. The van der Waals surface area contributed by atoms with Crippen molar-refractivity contribution in [2.75, 3.05) is 13.2 Å². The van der Waals surface area contributed by atoms with Gasteiger partial charge >= 0.3 is 11.9 Å². The van der Waals surface area contributed by atoms with Gasteiger partial charge in [0.15, 0.2) is 0 Å². The van der Waals surface area contributed by atoms with Crippen LogP contribution < -0.4 is 0 Å². The highest BCUT2D eigenvalue weighted by atomic mass is 16.5. The van der Waals surface area contributed by atoms with Crippen molar-refractivity contribution in [1.29, 1.82) is 0 Å². The number of hydrogen-bond donors (Lipinski definition) is 0. The Morgan fingerprint density at radius 1 is 0.769 bits per heavy atom. The van der Waals surface area contributed by atoms with Crippen LogP contribution in [0.25, 0.3) is 0 Å². The fourth-order valence-electron chi connectivity index (χ4n) is 3.43. The molecule has 4 heteroatoms. The van der Waals surface area contributed by atoms with Crippen molar-refractivity contribution in [1.82, 2.24) is 0 Å². The summed E-state index contributed by atoms with van der Waals surface area (Å²) < 4.78 is 11.0. The molecule has 0 aromatic rings. The second-order valence-corrected chi connectivity index (χ2v) is 7.31. The maximum absolute atomic E-state index is 12.8. The van der Waals surface area contributed by atoms with Crippen molar-refractivity contribution in [2.45, 2.75) is 97.8 Å². The number of carbonyl (C=O) groups is 2. The molecular formula is C22H38O4. The van der Waals surface area contributed by atoms with Gasteiger partial charge in [0.2, 0.25) is 0 Å². The van der Waals surface area contributed by atoms with E-state index < -0.39 is 0 Å². The van der Waals surface area contributed by atoms with Crippen LogP contribution in [0, 0.1) is 5.92 Å². The normalized spacial score (nSPS) is 15.7. The van der Waals surface area contributed by atoms with E-state index in [-0.39, 0.29) is 17.9 Å². The Hall–Kier alpha value is -1.32. The molecule has 0 atom stereocenters.